The van der Waals surface area contributed by atoms with Crippen molar-refractivity contribution < 1.29 is 35.7 Å². The Kier molecular flexibility index (Phi) is 5.45. The molecule has 0 aliphatic heterocycles. The first-order chi connectivity index (χ1) is 6.42. The Morgan fingerprint density at radius 2 is 1.36 bits per heavy atom. The van der Waals surface area contributed by atoms with E-state index in [1.54, 1.807) is 0 Å². The third kappa shape index (κ3) is 2.85. The minimum absolute atomic E-state index is 0.814. The van der Waals surface area contributed by atoms with Gasteiger partial charge in [0.15, 0.2) is 0 Å². The molecule has 86 valence electrons. The van der Waals surface area contributed by atoms with Crippen LogP contribution in [0.15, 0.2) is 0 Å². The van der Waals surface area contributed by atoms with E-state index in [1.165, 1.54) is 0 Å². The third-order valence-electron chi connectivity index (χ3n) is 2.00. The standard InChI is InChI=1S/C7H16O7/c8-1-4(11)5(12)6(13)7(14,2-9)3-10/h4-6,8-14H,1-3H2/t4-,5-,6+/m1/s1. The molecule has 0 saturated carbocycles. The van der Waals surface area contributed by atoms with E-state index in [-0.39, 0.29) is 0 Å². The molecule has 0 bridgehead atoms. The maximum atomic E-state index is 9.31. The molecule has 0 amide bonds. The fourth-order valence-electron chi connectivity index (χ4n) is 0.873. The molecule has 0 aliphatic carbocycles. The molecule has 0 spiro atoms. The summed E-state index contributed by atoms with van der Waals surface area (Å²) in [4.78, 5) is 0. The molecule has 0 radical (unpaired) electrons. The van der Waals surface area contributed by atoms with Gasteiger partial charge in [-0.3, -0.25) is 0 Å². The molecular formula is C7H16O7. The van der Waals surface area contributed by atoms with Gasteiger partial charge in [-0.05, 0) is 0 Å². The number of aliphatic hydroxyl groups is 7. The quantitative estimate of drug-likeness (QED) is 0.236. The number of aliphatic hydroxyl groups excluding tert-OH is 6. The van der Waals surface area contributed by atoms with Gasteiger partial charge in [-0.15, -0.1) is 0 Å². The molecule has 0 fully saturated rings. The zero-order valence-corrected chi connectivity index (χ0v) is 7.48. The highest BCUT2D eigenvalue weighted by Gasteiger charge is 2.41. The largest absolute Gasteiger partial charge is 0.394 e. The summed E-state index contributed by atoms with van der Waals surface area (Å²) in [5.74, 6) is 0. The van der Waals surface area contributed by atoms with Crippen LogP contribution in [0.2, 0.25) is 0 Å². The van der Waals surface area contributed by atoms with Gasteiger partial charge in [0.25, 0.3) is 0 Å². The van der Waals surface area contributed by atoms with Crippen molar-refractivity contribution in [3.8, 4) is 0 Å². The summed E-state index contributed by atoms with van der Waals surface area (Å²) in [6.45, 7) is -2.79. The van der Waals surface area contributed by atoms with Gasteiger partial charge >= 0.3 is 0 Å². The van der Waals surface area contributed by atoms with E-state index in [4.69, 9.17) is 25.5 Å². The van der Waals surface area contributed by atoms with Gasteiger partial charge in [-0.25, -0.2) is 0 Å². The summed E-state index contributed by atoms with van der Waals surface area (Å²) in [7, 11) is 0. The van der Waals surface area contributed by atoms with Gasteiger partial charge in [0.2, 0.25) is 0 Å². The van der Waals surface area contributed by atoms with Crippen LogP contribution in [0.25, 0.3) is 0 Å². The predicted molar refractivity (Wildman–Crippen MR) is 44.2 cm³/mol. The highest BCUT2D eigenvalue weighted by atomic mass is 16.4. The first-order valence-electron chi connectivity index (χ1n) is 4.02. The molecular weight excluding hydrogens is 196 g/mol. The molecule has 0 aromatic heterocycles. The van der Waals surface area contributed by atoms with Crippen LogP contribution >= 0.6 is 0 Å². The minimum atomic E-state index is -2.31. The van der Waals surface area contributed by atoms with Crippen molar-refractivity contribution in [2.45, 2.75) is 23.9 Å². The maximum Gasteiger partial charge on any atom is 0.139 e. The van der Waals surface area contributed by atoms with Crippen LogP contribution in [0.4, 0.5) is 0 Å². The fraction of sp³-hybridized carbons (Fsp3) is 1.00. The lowest BCUT2D eigenvalue weighted by atomic mass is 9.92. The van der Waals surface area contributed by atoms with E-state index < -0.39 is 43.7 Å². The Morgan fingerprint density at radius 3 is 1.64 bits per heavy atom. The third-order valence-corrected chi connectivity index (χ3v) is 2.00. The Balaban J connectivity index is 4.49. The highest BCUT2D eigenvalue weighted by molar-refractivity contribution is 4.92. The summed E-state index contributed by atoms with van der Waals surface area (Å²) in [5, 5.41) is 62.3. The van der Waals surface area contributed by atoms with E-state index in [2.05, 4.69) is 0 Å². The second-order valence-electron chi connectivity index (χ2n) is 3.11. The first-order valence-corrected chi connectivity index (χ1v) is 4.02. The van der Waals surface area contributed by atoms with Crippen molar-refractivity contribution in [1.82, 2.24) is 0 Å². The molecule has 0 heterocycles. The van der Waals surface area contributed by atoms with Crippen LogP contribution in [0.1, 0.15) is 0 Å². The van der Waals surface area contributed by atoms with E-state index >= 15 is 0 Å². The van der Waals surface area contributed by atoms with Crippen molar-refractivity contribution >= 4 is 0 Å². The number of hydrogen-bond acceptors (Lipinski definition) is 7. The van der Waals surface area contributed by atoms with Crippen molar-refractivity contribution in [2.24, 2.45) is 0 Å². The second kappa shape index (κ2) is 5.56. The monoisotopic (exact) mass is 212 g/mol. The Hall–Kier alpha value is -0.280. The Labute approximate surface area is 80.5 Å². The zero-order valence-electron chi connectivity index (χ0n) is 7.48. The van der Waals surface area contributed by atoms with Crippen LogP contribution in [0.5, 0.6) is 0 Å². The topological polar surface area (TPSA) is 142 Å². The van der Waals surface area contributed by atoms with Gasteiger partial charge in [0.1, 0.15) is 23.9 Å². The van der Waals surface area contributed by atoms with Crippen LogP contribution in [-0.2, 0) is 0 Å². The van der Waals surface area contributed by atoms with Gasteiger partial charge in [0.05, 0.1) is 19.8 Å². The molecule has 3 atom stereocenters. The molecule has 0 saturated heterocycles. The van der Waals surface area contributed by atoms with E-state index in [1.807, 2.05) is 0 Å². The minimum Gasteiger partial charge on any atom is -0.394 e. The van der Waals surface area contributed by atoms with Gasteiger partial charge in [0, 0.05) is 0 Å². The fourth-order valence-corrected chi connectivity index (χ4v) is 0.873. The lowest BCUT2D eigenvalue weighted by Crippen LogP contribution is -2.57. The average Bonchev–Trinajstić information content (AvgIpc) is 2.24. The van der Waals surface area contributed by atoms with Crippen molar-refractivity contribution in [3.63, 3.8) is 0 Å². The molecule has 7 nitrogen and oxygen atoms in total. The van der Waals surface area contributed by atoms with Crippen LogP contribution in [0.3, 0.4) is 0 Å². The number of hydrogen-bond donors (Lipinski definition) is 7. The number of rotatable bonds is 6. The summed E-state index contributed by atoms with van der Waals surface area (Å²) in [6, 6.07) is 0. The smallest absolute Gasteiger partial charge is 0.139 e. The molecule has 0 unspecified atom stereocenters. The SMILES string of the molecule is OC[C@@H](O)[C@@H](O)[C@H](O)C(O)(CO)CO. The van der Waals surface area contributed by atoms with Gasteiger partial charge in [-0.2, -0.15) is 0 Å². The van der Waals surface area contributed by atoms with Crippen molar-refractivity contribution in [1.29, 1.82) is 0 Å². The summed E-state index contributed by atoms with van der Waals surface area (Å²) in [6.07, 6.45) is -5.47. The molecule has 0 rings (SSSR count). The van der Waals surface area contributed by atoms with E-state index in [0.717, 1.165) is 0 Å². The lowest BCUT2D eigenvalue weighted by Gasteiger charge is -2.33. The van der Waals surface area contributed by atoms with Crippen molar-refractivity contribution in [2.75, 3.05) is 19.8 Å². The Morgan fingerprint density at radius 1 is 0.929 bits per heavy atom. The first kappa shape index (κ1) is 13.7. The summed E-state index contributed by atoms with van der Waals surface area (Å²) in [5.41, 5.74) is -2.31. The normalized spacial score (nSPS) is 19.1. The molecule has 7 N–H and O–H groups in total. The molecule has 0 aliphatic rings. The molecule has 0 aromatic carbocycles. The van der Waals surface area contributed by atoms with Crippen LogP contribution < -0.4 is 0 Å². The molecule has 7 heteroatoms. The second-order valence-corrected chi connectivity index (χ2v) is 3.11. The Bertz CT molecular complexity index is 158. The maximum absolute atomic E-state index is 9.31. The van der Waals surface area contributed by atoms with Crippen LogP contribution in [-0.4, -0.2) is 79.5 Å². The van der Waals surface area contributed by atoms with Crippen molar-refractivity contribution in [3.05, 3.63) is 0 Å². The zero-order chi connectivity index (χ0) is 11.4. The summed E-state index contributed by atoms with van der Waals surface area (Å²) >= 11 is 0. The molecule has 0 aromatic rings. The van der Waals surface area contributed by atoms with E-state index in [0.29, 0.717) is 0 Å². The lowest BCUT2D eigenvalue weighted by molar-refractivity contribution is -0.186. The average molecular weight is 212 g/mol. The molecule has 14 heavy (non-hydrogen) atoms. The highest BCUT2D eigenvalue weighted by Crippen LogP contribution is 2.15. The predicted octanol–water partition coefficient (Wildman–Crippen LogP) is -4.22. The van der Waals surface area contributed by atoms with Gasteiger partial charge < -0.3 is 35.7 Å². The van der Waals surface area contributed by atoms with E-state index in [9.17, 15) is 10.2 Å². The van der Waals surface area contributed by atoms with Crippen LogP contribution in [0, 0.1) is 0 Å². The van der Waals surface area contributed by atoms with Gasteiger partial charge in [-0.1, -0.05) is 0 Å². The summed E-state index contributed by atoms with van der Waals surface area (Å²) < 4.78 is 0.